The molecule has 3 aromatic rings. The molecule has 0 spiro atoms. The first kappa shape index (κ1) is 27.7. The predicted molar refractivity (Wildman–Crippen MR) is 147 cm³/mol. The summed E-state index contributed by atoms with van der Waals surface area (Å²) in [6, 6.07) is 17.0. The number of ether oxygens (including phenoxy) is 2. The van der Waals surface area contributed by atoms with Gasteiger partial charge in [0.05, 0.1) is 17.2 Å². The second-order valence-electron chi connectivity index (χ2n) is 8.79. The van der Waals surface area contributed by atoms with Crippen LogP contribution in [-0.4, -0.2) is 70.7 Å². The molecule has 1 amide bonds. The number of aromatic nitrogens is 1. The van der Waals surface area contributed by atoms with E-state index in [0.717, 1.165) is 24.5 Å². The van der Waals surface area contributed by atoms with Crippen molar-refractivity contribution in [1.82, 2.24) is 9.88 Å². The Bertz CT molecular complexity index is 1320. The summed E-state index contributed by atoms with van der Waals surface area (Å²) in [6.07, 6.45) is 2.55. The normalized spacial score (nSPS) is 13.8. The molecular formula is C27H31ClN4O5S. The monoisotopic (exact) mass is 558 g/mol. The Morgan fingerprint density at radius 2 is 1.79 bits per heavy atom. The molecule has 0 saturated carbocycles. The van der Waals surface area contributed by atoms with Crippen LogP contribution >= 0.6 is 11.6 Å². The van der Waals surface area contributed by atoms with E-state index in [-0.39, 0.29) is 17.4 Å². The van der Waals surface area contributed by atoms with Crippen molar-refractivity contribution in [3.63, 3.8) is 0 Å². The molecular weight excluding hydrogens is 528 g/mol. The van der Waals surface area contributed by atoms with Gasteiger partial charge in [0.25, 0.3) is 10.0 Å². The van der Waals surface area contributed by atoms with Crippen molar-refractivity contribution in [2.75, 3.05) is 56.1 Å². The van der Waals surface area contributed by atoms with Crippen LogP contribution in [0.1, 0.15) is 12.0 Å². The molecule has 0 atom stereocenters. The molecule has 1 fully saturated rings. The quantitative estimate of drug-likeness (QED) is 0.357. The Hall–Kier alpha value is -3.34. The summed E-state index contributed by atoms with van der Waals surface area (Å²) < 4.78 is 39.4. The number of aryl methyl sites for hydroxylation is 1. The number of amides is 1. The Balaban J connectivity index is 1.40. The summed E-state index contributed by atoms with van der Waals surface area (Å²) in [5, 5.41) is 0.442. The zero-order valence-corrected chi connectivity index (χ0v) is 22.7. The number of nitrogens with zero attached hydrogens (tertiary/aromatic N) is 3. The number of halogens is 1. The van der Waals surface area contributed by atoms with Crippen LogP contribution in [0.5, 0.6) is 5.75 Å². The number of sulfonamides is 1. The van der Waals surface area contributed by atoms with Crippen molar-refractivity contribution in [3.05, 3.63) is 77.4 Å². The van der Waals surface area contributed by atoms with Crippen LogP contribution in [-0.2, 0) is 26.0 Å². The maximum Gasteiger partial charge on any atom is 0.262 e. The van der Waals surface area contributed by atoms with Crippen LogP contribution in [0.15, 0.2) is 71.8 Å². The van der Waals surface area contributed by atoms with Gasteiger partial charge in [0, 0.05) is 50.9 Å². The Morgan fingerprint density at radius 1 is 1.03 bits per heavy atom. The van der Waals surface area contributed by atoms with E-state index >= 15 is 0 Å². The molecule has 11 heteroatoms. The second kappa shape index (κ2) is 12.9. The molecule has 1 saturated heterocycles. The number of pyridine rings is 1. The largest absolute Gasteiger partial charge is 0.489 e. The molecule has 38 heavy (non-hydrogen) atoms. The number of hydrogen-bond acceptors (Lipinski definition) is 7. The number of carbonyl (C=O) groups excluding carboxylic acids is 1. The van der Waals surface area contributed by atoms with Gasteiger partial charge in [-0.05, 0) is 60.5 Å². The predicted octanol–water partition coefficient (Wildman–Crippen LogP) is 3.84. The van der Waals surface area contributed by atoms with Crippen LogP contribution in [0.2, 0.25) is 5.02 Å². The minimum atomic E-state index is -3.88. The highest BCUT2D eigenvalue weighted by atomic mass is 35.5. The van der Waals surface area contributed by atoms with E-state index in [0.29, 0.717) is 49.0 Å². The molecule has 202 valence electrons. The maximum atomic E-state index is 13.0. The molecule has 4 rings (SSSR count). The van der Waals surface area contributed by atoms with Gasteiger partial charge in [-0.1, -0.05) is 23.7 Å². The van der Waals surface area contributed by atoms with E-state index in [9.17, 15) is 13.2 Å². The molecule has 1 aliphatic rings. The summed E-state index contributed by atoms with van der Waals surface area (Å²) >= 11 is 5.91. The van der Waals surface area contributed by atoms with E-state index < -0.39 is 10.0 Å². The highest BCUT2D eigenvalue weighted by molar-refractivity contribution is 7.92. The van der Waals surface area contributed by atoms with Crippen molar-refractivity contribution < 1.29 is 22.7 Å². The number of nitrogens with one attached hydrogen (secondary N) is 1. The van der Waals surface area contributed by atoms with E-state index in [1.54, 1.807) is 25.4 Å². The zero-order valence-electron chi connectivity index (χ0n) is 21.2. The fraction of sp³-hybridized carbons (Fsp3) is 0.333. The van der Waals surface area contributed by atoms with Crippen molar-refractivity contribution in [2.24, 2.45) is 0 Å². The van der Waals surface area contributed by atoms with Crippen LogP contribution in [0.25, 0.3) is 0 Å². The minimum Gasteiger partial charge on any atom is -0.489 e. The van der Waals surface area contributed by atoms with Gasteiger partial charge in [-0.2, -0.15) is 0 Å². The van der Waals surface area contributed by atoms with E-state index in [2.05, 4.69) is 14.6 Å². The topological polar surface area (TPSA) is 101 Å². The van der Waals surface area contributed by atoms with E-state index in [1.165, 1.54) is 24.3 Å². The average Bonchev–Trinajstić information content (AvgIpc) is 2.93. The molecule has 0 aliphatic carbocycles. The van der Waals surface area contributed by atoms with E-state index in [4.69, 9.17) is 21.1 Å². The lowest BCUT2D eigenvalue weighted by Crippen LogP contribution is -2.49. The number of benzene rings is 2. The second-order valence-corrected chi connectivity index (χ2v) is 10.9. The van der Waals surface area contributed by atoms with Gasteiger partial charge in [0.15, 0.2) is 0 Å². The zero-order chi connectivity index (χ0) is 27.0. The molecule has 1 aromatic heterocycles. The number of methoxy groups -OCH3 is 1. The first-order chi connectivity index (χ1) is 18.4. The molecule has 2 aromatic carbocycles. The lowest BCUT2D eigenvalue weighted by atomic mass is 10.1. The number of anilines is 2. The smallest absolute Gasteiger partial charge is 0.262 e. The molecule has 9 nitrogen and oxygen atoms in total. The fourth-order valence-electron chi connectivity index (χ4n) is 4.13. The molecule has 0 radical (unpaired) electrons. The van der Waals surface area contributed by atoms with Crippen molar-refractivity contribution >= 4 is 39.0 Å². The summed E-state index contributed by atoms with van der Waals surface area (Å²) in [5.41, 5.74) is 1.11. The van der Waals surface area contributed by atoms with Gasteiger partial charge in [-0.15, -0.1) is 0 Å². The van der Waals surface area contributed by atoms with Gasteiger partial charge in [0.2, 0.25) is 5.91 Å². The number of carbonyl (C=O) groups is 1. The van der Waals surface area contributed by atoms with Gasteiger partial charge < -0.3 is 19.3 Å². The molecule has 1 N–H and O–H groups in total. The summed E-state index contributed by atoms with van der Waals surface area (Å²) in [6.45, 7) is 3.34. The van der Waals surface area contributed by atoms with Crippen LogP contribution in [0, 0.1) is 0 Å². The standard InChI is InChI=1S/C27H31ClN4O5S/c1-36-18-19-37-25-11-5-21(20-24(25)30-38(34,35)23-9-7-22(28)8-10-23)6-12-27(33)32-16-14-31(15-17-32)26-4-2-3-13-29-26/h2-5,7-11,13,20,30H,6,12,14-19H2,1H3. The van der Waals surface area contributed by atoms with Crippen LogP contribution in [0.4, 0.5) is 11.5 Å². The highest BCUT2D eigenvalue weighted by Crippen LogP contribution is 2.29. The summed E-state index contributed by atoms with van der Waals surface area (Å²) in [5.74, 6) is 1.36. The van der Waals surface area contributed by atoms with E-state index in [1.807, 2.05) is 29.2 Å². The Labute approximate surface area is 228 Å². The first-order valence-electron chi connectivity index (χ1n) is 12.3. The van der Waals surface area contributed by atoms with Crippen molar-refractivity contribution in [2.45, 2.75) is 17.7 Å². The summed E-state index contributed by atoms with van der Waals surface area (Å²) in [7, 11) is -2.32. The fourth-order valence-corrected chi connectivity index (χ4v) is 5.31. The van der Waals surface area contributed by atoms with Crippen LogP contribution < -0.4 is 14.4 Å². The Morgan fingerprint density at radius 3 is 2.47 bits per heavy atom. The third kappa shape index (κ3) is 7.37. The number of rotatable bonds is 11. The van der Waals surface area contributed by atoms with Crippen molar-refractivity contribution in [3.8, 4) is 5.75 Å². The molecule has 2 heterocycles. The Kier molecular flexibility index (Phi) is 9.43. The van der Waals surface area contributed by atoms with Crippen LogP contribution in [0.3, 0.4) is 0 Å². The lowest BCUT2D eigenvalue weighted by Gasteiger charge is -2.35. The number of hydrogen-bond donors (Lipinski definition) is 1. The highest BCUT2D eigenvalue weighted by Gasteiger charge is 2.22. The average molecular weight is 559 g/mol. The van der Waals surface area contributed by atoms with Gasteiger partial charge in [-0.3, -0.25) is 9.52 Å². The molecule has 0 bridgehead atoms. The lowest BCUT2D eigenvalue weighted by molar-refractivity contribution is -0.131. The first-order valence-corrected chi connectivity index (χ1v) is 14.2. The molecule has 1 aliphatic heterocycles. The van der Waals surface area contributed by atoms with Gasteiger partial charge in [0.1, 0.15) is 18.2 Å². The van der Waals surface area contributed by atoms with Crippen molar-refractivity contribution in [1.29, 1.82) is 0 Å². The van der Waals surface area contributed by atoms with Gasteiger partial charge in [-0.25, -0.2) is 13.4 Å². The third-order valence-electron chi connectivity index (χ3n) is 6.19. The molecule has 0 unspecified atom stereocenters. The number of piperazine rings is 1. The summed E-state index contributed by atoms with van der Waals surface area (Å²) in [4.78, 5) is 21.4. The maximum absolute atomic E-state index is 13.0. The SMILES string of the molecule is COCCOc1ccc(CCC(=O)N2CCN(c3ccccn3)CC2)cc1NS(=O)(=O)c1ccc(Cl)cc1. The third-order valence-corrected chi connectivity index (χ3v) is 7.82. The van der Waals surface area contributed by atoms with Gasteiger partial charge >= 0.3 is 0 Å². The minimum absolute atomic E-state index is 0.0642.